The second kappa shape index (κ2) is 9.78. The van der Waals surface area contributed by atoms with Gasteiger partial charge in [-0.2, -0.15) is 0 Å². The van der Waals surface area contributed by atoms with Crippen LogP contribution < -0.4 is 0 Å². The molecule has 2 heteroatoms. The Bertz CT molecular complexity index is 238. The molecule has 0 aromatic rings. The molecule has 2 aliphatic rings. The van der Waals surface area contributed by atoms with E-state index in [4.69, 9.17) is 0 Å². The summed E-state index contributed by atoms with van der Waals surface area (Å²) in [5.41, 5.74) is 0. The highest BCUT2D eigenvalue weighted by Gasteiger charge is 2.22. The minimum atomic E-state index is -0.0450. The number of hydrogen-bond acceptors (Lipinski definition) is 2. The van der Waals surface area contributed by atoms with Gasteiger partial charge in [-0.05, 0) is 44.7 Å². The summed E-state index contributed by atoms with van der Waals surface area (Å²) in [6.07, 6.45) is 17.3. The van der Waals surface area contributed by atoms with Crippen LogP contribution in [0.3, 0.4) is 0 Å². The summed E-state index contributed by atoms with van der Waals surface area (Å²) in [7, 11) is 0. The van der Waals surface area contributed by atoms with E-state index in [1.807, 2.05) is 0 Å². The predicted molar refractivity (Wildman–Crippen MR) is 86.0 cm³/mol. The van der Waals surface area contributed by atoms with Gasteiger partial charge in [0.1, 0.15) is 0 Å². The highest BCUT2D eigenvalue weighted by atomic mass is 16.3. The molecule has 2 rings (SSSR count). The lowest BCUT2D eigenvalue weighted by molar-refractivity contribution is 0.0585. The third kappa shape index (κ3) is 6.13. The van der Waals surface area contributed by atoms with Crippen LogP contribution in [0, 0.1) is 5.92 Å². The van der Waals surface area contributed by atoms with E-state index in [1.165, 1.54) is 90.1 Å². The van der Waals surface area contributed by atoms with Crippen LogP contribution in [0.25, 0.3) is 0 Å². The van der Waals surface area contributed by atoms with E-state index in [9.17, 15) is 5.11 Å². The van der Waals surface area contributed by atoms with E-state index in [2.05, 4.69) is 4.90 Å². The first-order chi connectivity index (χ1) is 9.86. The molecular weight excluding hydrogens is 246 g/mol. The summed E-state index contributed by atoms with van der Waals surface area (Å²) in [6, 6.07) is 0. The molecule has 1 saturated heterocycles. The molecule has 0 amide bonds. The quantitative estimate of drug-likeness (QED) is 0.812. The number of nitrogens with zero attached hydrogens (tertiary/aromatic N) is 1. The molecule has 0 aromatic carbocycles. The van der Waals surface area contributed by atoms with E-state index in [1.54, 1.807) is 0 Å². The Balaban J connectivity index is 1.80. The zero-order valence-corrected chi connectivity index (χ0v) is 13.4. The van der Waals surface area contributed by atoms with Gasteiger partial charge in [-0.25, -0.2) is 0 Å². The Labute approximate surface area is 125 Å². The maximum Gasteiger partial charge on any atom is 0.0580 e. The van der Waals surface area contributed by atoms with Crippen molar-refractivity contribution in [1.29, 1.82) is 0 Å². The van der Waals surface area contributed by atoms with Crippen molar-refractivity contribution in [2.45, 2.75) is 89.6 Å². The largest absolute Gasteiger partial charge is 0.393 e. The number of likely N-dealkylation sites (tertiary alicyclic amines) is 1. The summed E-state index contributed by atoms with van der Waals surface area (Å²) in [5, 5.41) is 10.6. The average Bonchev–Trinajstić information content (AvgIpc) is 2.47. The molecule has 0 aromatic heterocycles. The predicted octanol–water partition coefficient (Wildman–Crippen LogP) is 4.36. The summed E-state index contributed by atoms with van der Waals surface area (Å²) in [5.74, 6) is 0.535. The average molecular weight is 281 g/mol. The molecule has 2 atom stereocenters. The zero-order valence-electron chi connectivity index (χ0n) is 13.4. The van der Waals surface area contributed by atoms with Crippen molar-refractivity contribution in [2.24, 2.45) is 5.92 Å². The minimum absolute atomic E-state index is 0.0450. The fourth-order valence-electron chi connectivity index (χ4n) is 3.94. The first-order valence-electron chi connectivity index (χ1n) is 9.26. The molecule has 1 aliphatic carbocycles. The van der Waals surface area contributed by atoms with Gasteiger partial charge >= 0.3 is 0 Å². The van der Waals surface area contributed by atoms with Gasteiger partial charge in [-0.3, -0.25) is 0 Å². The number of piperidine rings is 1. The van der Waals surface area contributed by atoms with Crippen molar-refractivity contribution < 1.29 is 5.11 Å². The van der Waals surface area contributed by atoms with E-state index in [0.29, 0.717) is 5.92 Å². The standard InChI is InChI=1S/C18H35NO/c20-18-13-9-6-4-2-1-3-5-8-12-17(18)16-19-14-10-7-11-15-19/h17-18,20H,1-16H2. The van der Waals surface area contributed by atoms with Crippen molar-refractivity contribution in [3.8, 4) is 0 Å². The summed E-state index contributed by atoms with van der Waals surface area (Å²) in [6.45, 7) is 3.69. The zero-order chi connectivity index (χ0) is 14.0. The van der Waals surface area contributed by atoms with Crippen molar-refractivity contribution in [3.63, 3.8) is 0 Å². The van der Waals surface area contributed by atoms with Gasteiger partial charge in [0, 0.05) is 6.54 Å². The Morgan fingerprint density at radius 2 is 1.15 bits per heavy atom. The van der Waals surface area contributed by atoms with Gasteiger partial charge in [0.05, 0.1) is 6.10 Å². The fraction of sp³-hybridized carbons (Fsp3) is 1.00. The number of aliphatic hydroxyl groups is 1. The van der Waals surface area contributed by atoms with Crippen LogP contribution in [0.1, 0.15) is 83.5 Å². The molecule has 0 radical (unpaired) electrons. The second-order valence-electron chi connectivity index (χ2n) is 7.09. The van der Waals surface area contributed by atoms with Gasteiger partial charge in [-0.15, -0.1) is 0 Å². The van der Waals surface area contributed by atoms with Gasteiger partial charge in [-0.1, -0.05) is 57.8 Å². The first-order valence-corrected chi connectivity index (χ1v) is 9.26. The van der Waals surface area contributed by atoms with E-state index < -0.39 is 0 Å². The Morgan fingerprint density at radius 1 is 0.650 bits per heavy atom. The lowest BCUT2D eigenvalue weighted by atomic mass is 9.89. The summed E-state index contributed by atoms with van der Waals surface area (Å²) >= 11 is 0. The van der Waals surface area contributed by atoms with E-state index in [-0.39, 0.29) is 6.10 Å². The minimum Gasteiger partial charge on any atom is -0.393 e. The Kier molecular flexibility index (Phi) is 7.97. The SMILES string of the molecule is OC1CCCCCCCCCCC1CN1CCCCC1. The van der Waals surface area contributed by atoms with Gasteiger partial charge in [0.15, 0.2) is 0 Å². The molecule has 2 fully saturated rings. The number of aliphatic hydroxyl groups excluding tert-OH is 1. The smallest absolute Gasteiger partial charge is 0.0580 e. The molecule has 20 heavy (non-hydrogen) atoms. The third-order valence-electron chi connectivity index (χ3n) is 5.31. The van der Waals surface area contributed by atoms with Crippen LogP contribution in [0.5, 0.6) is 0 Å². The molecule has 2 nitrogen and oxygen atoms in total. The summed E-state index contributed by atoms with van der Waals surface area (Å²) < 4.78 is 0. The molecule has 0 spiro atoms. The van der Waals surface area contributed by atoms with Crippen molar-refractivity contribution >= 4 is 0 Å². The molecular formula is C18H35NO. The second-order valence-corrected chi connectivity index (χ2v) is 7.09. The van der Waals surface area contributed by atoms with Crippen molar-refractivity contribution in [3.05, 3.63) is 0 Å². The fourth-order valence-corrected chi connectivity index (χ4v) is 3.94. The van der Waals surface area contributed by atoms with Gasteiger partial charge in [0.25, 0.3) is 0 Å². The summed E-state index contributed by atoms with van der Waals surface area (Å²) in [4.78, 5) is 2.61. The highest BCUT2D eigenvalue weighted by Crippen LogP contribution is 2.23. The van der Waals surface area contributed by atoms with Crippen LogP contribution in [0.2, 0.25) is 0 Å². The van der Waals surface area contributed by atoms with Crippen molar-refractivity contribution in [2.75, 3.05) is 19.6 Å². The Morgan fingerprint density at radius 3 is 1.80 bits per heavy atom. The molecule has 2 unspecified atom stereocenters. The Hall–Kier alpha value is -0.0800. The van der Waals surface area contributed by atoms with Crippen molar-refractivity contribution in [1.82, 2.24) is 4.90 Å². The third-order valence-corrected chi connectivity index (χ3v) is 5.31. The number of hydrogen-bond donors (Lipinski definition) is 1. The molecule has 0 bridgehead atoms. The van der Waals surface area contributed by atoms with E-state index >= 15 is 0 Å². The molecule has 118 valence electrons. The molecule has 1 aliphatic heterocycles. The van der Waals surface area contributed by atoms with E-state index in [0.717, 1.165) is 13.0 Å². The maximum atomic E-state index is 10.6. The highest BCUT2D eigenvalue weighted by molar-refractivity contribution is 4.76. The van der Waals surface area contributed by atoms with Gasteiger partial charge in [0.2, 0.25) is 0 Å². The monoisotopic (exact) mass is 281 g/mol. The van der Waals surface area contributed by atoms with Crippen LogP contribution in [0.15, 0.2) is 0 Å². The van der Waals surface area contributed by atoms with Crippen LogP contribution in [0.4, 0.5) is 0 Å². The lowest BCUT2D eigenvalue weighted by Crippen LogP contribution is -2.38. The maximum absolute atomic E-state index is 10.6. The molecule has 1 N–H and O–H groups in total. The van der Waals surface area contributed by atoms with Crippen LogP contribution in [-0.2, 0) is 0 Å². The van der Waals surface area contributed by atoms with Crippen LogP contribution in [-0.4, -0.2) is 35.7 Å². The topological polar surface area (TPSA) is 23.5 Å². The molecule has 1 saturated carbocycles. The first kappa shape index (κ1) is 16.3. The molecule has 1 heterocycles. The lowest BCUT2D eigenvalue weighted by Gasteiger charge is -2.33. The van der Waals surface area contributed by atoms with Gasteiger partial charge < -0.3 is 10.0 Å². The number of rotatable bonds is 2. The normalized spacial score (nSPS) is 32.2. The van der Waals surface area contributed by atoms with Crippen LogP contribution >= 0.6 is 0 Å².